The third-order valence-electron chi connectivity index (χ3n) is 4.55. The van der Waals surface area contributed by atoms with E-state index >= 15 is 0 Å². The number of fused-ring (bicyclic) bond motifs is 3. The summed E-state index contributed by atoms with van der Waals surface area (Å²) in [5.74, 6) is 0.984. The number of allylic oxidation sites excluding steroid dienone is 2. The average Bonchev–Trinajstić information content (AvgIpc) is 2.97. The number of nitrogens with one attached hydrogen (secondary N) is 1. The molecule has 0 aromatic heterocycles. The third kappa shape index (κ3) is 2.25. The lowest BCUT2D eigenvalue weighted by Gasteiger charge is -2.37. The zero-order chi connectivity index (χ0) is 14.4. The fourth-order valence-electron chi connectivity index (χ4n) is 3.57. The van der Waals surface area contributed by atoms with Crippen molar-refractivity contribution in [2.45, 2.75) is 18.4 Å². The normalized spacial score (nSPS) is 26.1. The number of rotatable bonds is 1. The lowest BCUT2D eigenvalue weighted by Crippen LogP contribution is -2.28. The van der Waals surface area contributed by atoms with Crippen LogP contribution in [0.2, 0.25) is 10.0 Å². The summed E-state index contributed by atoms with van der Waals surface area (Å²) in [5, 5.41) is 5.28. The average molecular weight is 316 g/mol. The molecule has 106 valence electrons. The first-order valence-corrected chi connectivity index (χ1v) is 7.96. The molecule has 0 unspecified atom stereocenters. The molecule has 0 bridgehead atoms. The molecular weight excluding hydrogens is 301 g/mol. The Balaban J connectivity index is 1.78. The Bertz CT molecular complexity index is 706. The molecule has 1 aliphatic heterocycles. The van der Waals surface area contributed by atoms with Gasteiger partial charge in [-0.2, -0.15) is 0 Å². The van der Waals surface area contributed by atoms with E-state index in [-0.39, 0.29) is 0 Å². The molecule has 0 amide bonds. The summed E-state index contributed by atoms with van der Waals surface area (Å²) >= 11 is 12.2. The van der Waals surface area contributed by atoms with E-state index in [4.69, 9.17) is 23.2 Å². The van der Waals surface area contributed by atoms with Gasteiger partial charge in [0.25, 0.3) is 0 Å². The van der Waals surface area contributed by atoms with Crippen molar-refractivity contribution < 1.29 is 0 Å². The van der Waals surface area contributed by atoms with Crippen molar-refractivity contribution in [1.29, 1.82) is 0 Å². The van der Waals surface area contributed by atoms with Gasteiger partial charge in [0.05, 0.1) is 6.04 Å². The second-order valence-corrected chi connectivity index (χ2v) is 6.63. The molecule has 0 saturated heterocycles. The van der Waals surface area contributed by atoms with Crippen LogP contribution in [-0.4, -0.2) is 0 Å². The second kappa shape index (κ2) is 5.08. The number of halogens is 2. The Kier molecular flexibility index (Phi) is 3.20. The maximum atomic E-state index is 6.17. The van der Waals surface area contributed by atoms with Crippen molar-refractivity contribution >= 4 is 28.9 Å². The monoisotopic (exact) mass is 315 g/mol. The molecule has 4 rings (SSSR count). The molecule has 0 spiro atoms. The highest BCUT2D eigenvalue weighted by Gasteiger charge is 2.37. The molecular formula is C18H15Cl2N. The van der Waals surface area contributed by atoms with Crippen LogP contribution in [0, 0.1) is 5.92 Å². The topological polar surface area (TPSA) is 12.0 Å². The largest absolute Gasteiger partial charge is 0.378 e. The van der Waals surface area contributed by atoms with Gasteiger partial charge in [-0.1, -0.05) is 47.5 Å². The summed E-state index contributed by atoms with van der Waals surface area (Å²) in [5.41, 5.74) is 3.79. The summed E-state index contributed by atoms with van der Waals surface area (Å²) in [6, 6.07) is 14.6. The summed E-state index contributed by atoms with van der Waals surface area (Å²) in [6.07, 6.45) is 5.70. The Labute approximate surface area is 134 Å². The van der Waals surface area contributed by atoms with E-state index in [1.54, 1.807) is 0 Å². The molecule has 0 radical (unpaired) electrons. The number of hydrogen-bond donors (Lipinski definition) is 1. The molecule has 1 heterocycles. The second-order valence-electron chi connectivity index (χ2n) is 5.76. The van der Waals surface area contributed by atoms with E-state index in [1.807, 2.05) is 18.2 Å². The standard InChI is InChI=1S/C18H15Cl2N/c19-12-6-4-11(5-7-12)18-15-3-1-2-14(15)16-10-13(20)8-9-17(16)21-18/h1-2,4-10,14-15,18,21H,3H2/t14-,15+,18+/m0/s1. The Morgan fingerprint density at radius 2 is 1.71 bits per heavy atom. The molecule has 1 nitrogen and oxygen atoms in total. The first-order chi connectivity index (χ1) is 10.2. The van der Waals surface area contributed by atoms with Crippen molar-refractivity contribution in [2.75, 3.05) is 5.32 Å². The van der Waals surface area contributed by atoms with Crippen LogP contribution >= 0.6 is 23.2 Å². The van der Waals surface area contributed by atoms with E-state index in [0.717, 1.165) is 16.5 Å². The molecule has 2 aliphatic rings. The summed E-state index contributed by atoms with van der Waals surface area (Å²) in [4.78, 5) is 0. The van der Waals surface area contributed by atoms with E-state index in [9.17, 15) is 0 Å². The van der Waals surface area contributed by atoms with Crippen LogP contribution in [0.15, 0.2) is 54.6 Å². The van der Waals surface area contributed by atoms with Crippen LogP contribution in [-0.2, 0) is 0 Å². The van der Waals surface area contributed by atoms with Crippen molar-refractivity contribution in [3.63, 3.8) is 0 Å². The molecule has 2 aromatic rings. The predicted octanol–water partition coefficient (Wildman–Crippen LogP) is 5.82. The minimum Gasteiger partial charge on any atom is -0.378 e. The molecule has 2 aromatic carbocycles. The number of anilines is 1. The molecule has 3 heteroatoms. The summed E-state index contributed by atoms with van der Waals surface area (Å²) < 4.78 is 0. The highest BCUT2D eigenvalue weighted by atomic mass is 35.5. The lowest BCUT2D eigenvalue weighted by molar-refractivity contribution is 0.425. The molecule has 0 saturated carbocycles. The van der Waals surface area contributed by atoms with Crippen molar-refractivity contribution in [1.82, 2.24) is 0 Å². The zero-order valence-corrected chi connectivity index (χ0v) is 12.9. The summed E-state index contributed by atoms with van der Waals surface area (Å²) in [7, 11) is 0. The van der Waals surface area contributed by atoms with Gasteiger partial charge in [0.15, 0.2) is 0 Å². The molecule has 1 N–H and O–H groups in total. The Morgan fingerprint density at radius 3 is 2.52 bits per heavy atom. The van der Waals surface area contributed by atoms with Gasteiger partial charge in [-0.25, -0.2) is 0 Å². The highest BCUT2D eigenvalue weighted by Crippen LogP contribution is 2.50. The van der Waals surface area contributed by atoms with E-state index in [1.165, 1.54) is 16.8 Å². The summed E-state index contributed by atoms with van der Waals surface area (Å²) in [6.45, 7) is 0. The van der Waals surface area contributed by atoms with Gasteiger partial charge in [-0.15, -0.1) is 0 Å². The quantitative estimate of drug-likeness (QED) is 0.654. The number of hydrogen-bond acceptors (Lipinski definition) is 1. The first-order valence-electron chi connectivity index (χ1n) is 7.20. The zero-order valence-electron chi connectivity index (χ0n) is 11.4. The van der Waals surface area contributed by atoms with Gasteiger partial charge < -0.3 is 5.32 Å². The van der Waals surface area contributed by atoms with Crippen molar-refractivity contribution in [3.8, 4) is 0 Å². The smallest absolute Gasteiger partial charge is 0.0553 e. The molecule has 1 aliphatic carbocycles. The fraction of sp³-hybridized carbons (Fsp3) is 0.222. The van der Waals surface area contributed by atoms with Crippen LogP contribution in [0.5, 0.6) is 0 Å². The van der Waals surface area contributed by atoms with Crippen molar-refractivity contribution in [2.24, 2.45) is 5.92 Å². The molecule has 0 fully saturated rings. The number of benzene rings is 2. The Hall–Kier alpha value is -1.44. The predicted molar refractivity (Wildman–Crippen MR) is 89.3 cm³/mol. The van der Waals surface area contributed by atoms with E-state index in [0.29, 0.717) is 17.9 Å². The van der Waals surface area contributed by atoms with Gasteiger partial charge in [-0.05, 0) is 53.8 Å². The highest BCUT2D eigenvalue weighted by molar-refractivity contribution is 6.31. The minimum atomic E-state index is 0.316. The van der Waals surface area contributed by atoms with Crippen LogP contribution in [0.1, 0.15) is 29.5 Å². The fourth-order valence-corrected chi connectivity index (χ4v) is 3.87. The minimum absolute atomic E-state index is 0.316. The van der Waals surface area contributed by atoms with Gasteiger partial charge >= 0.3 is 0 Å². The first kappa shape index (κ1) is 13.2. The van der Waals surface area contributed by atoms with E-state index in [2.05, 4.69) is 41.7 Å². The van der Waals surface area contributed by atoms with E-state index < -0.39 is 0 Å². The third-order valence-corrected chi connectivity index (χ3v) is 5.04. The van der Waals surface area contributed by atoms with Gasteiger partial charge in [-0.3, -0.25) is 0 Å². The SMILES string of the molecule is Clc1ccc([C@H]2Nc3ccc(Cl)cc3[C@H]3C=CC[C@H]32)cc1. The van der Waals surface area contributed by atoms with Gasteiger partial charge in [0.1, 0.15) is 0 Å². The molecule has 3 atom stereocenters. The van der Waals surface area contributed by atoms with Gasteiger partial charge in [0.2, 0.25) is 0 Å². The van der Waals surface area contributed by atoms with Crippen LogP contribution in [0.25, 0.3) is 0 Å². The van der Waals surface area contributed by atoms with Crippen LogP contribution in [0.4, 0.5) is 5.69 Å². The lowest BCUT2D eigenvalue weighted by atomic mass is 9.77. The maximum absolute atomic E-state index is 6.17. The molecule has 21 heavy (non-hydrogen) atoms. The van der Waals surface area contributed by atoms with Crippen LogP contribution < -0.4 is 5.32 Å². The maximum Gasteiger partial charge on any atom is 0.0553 e. The Morgan fingerprint density at radius 1 is 0.952 bits per heavy atom. The van der Waals surface area contributed by atoms with Crippen LogP contribution in [0.3, 0.4) is 0 Å². The van der Waals surface area contributed by atoms with Gasteiger partial charge in [0, 0.05) is 21.7 Å². The van der Waals surface area contributed by atoms with Crippen molar-refractivity contribution in [3.05, 3.63) is 75.8 Å².